The van der Waals surface area contributed by atoms with Crippen molar-refractivity contribution in [2.75, 3.05) is 0 Å². The molecular weight excluding hydrogens is 188 g/mol. The predicted molar refractivity (Wildman–Crippen MR) is 62.7 cm³/mol. The largest absolute Gasteiger partial charge is 0.505 e. The van der Waals surface area contributed by atoms with Crippen molar-refractivity contribution < 1.29 is 6.52 Å². The van der Waals surface area contributed by atoms with Crippen LogP contribution in [0.5, 0.6) is 5.75 Å². The SMILES string of the molecule is [2H]/N=C/c1cccc2c(O)c(N=C)ccc12. The molecule has 2 aromatic carbocycles. The molecule has 0 spiro atoms. The lowest BCUT2D eigenvalue weighted by molar-refractivity contribution is 0.483. The van der Waals surface area contributed by atoms with Crippen LogP contribution in [0.3, 0.4) is 0 Å². The zero-order valence-electron chi connectivity index (χ0n) is 9.01. The highest BCUT2D eigenvalue weighted by Gasteiger charge is 2.06. The van der Waals surface area contributed by atoms with E-state index in [9.17, 15) is 5.11 Å². The minimum absolute atomic E-state index is 0.104. The van der Waals surface area contributed by atoms with Crippen LogP contribution in [0.4, 0.5) is 5.69 Å². The second kappa shape index (κ2) is 3.53. The lowest BCUT2D eigenvalue weighted by atomic mass is 10.0. The first-order valence-corrected chi connectivity index (χ1v) is 4.47. The van der Waals surface area contributed by atoms with Crippen LogP contribution in [0.2, 0.25) is 1.41 Å². The van der Waals surface area contributed by atoms with E-state index in [-0.39, 0.29) is 5.75 Å². The Balaban J connectivity index is 2.82. The highest BCUT2D eigenvalue weighted by atomic mass is 16.3. The predicted octanol–water partition coefficient (Wildman–Crippen LogP) is 2.88. The van der Waals surface area contributed by atoms with E-state index in [1.54, 1.807) is 18.2 Å². The second-order valence-electron chi connectivity index (χ2n) is 3.16. The second-order valence-corrected chi connectivity index (χ2v) is 3.16. The number of aliphatic imine (C=N–C) groups is 1. The Morgan fingerprint density at radius 1 is 1.33 bits per heavy atom. The van der Waals surface area contributed by atoms with E-state index in [2.05, 4.69) is 17.1 Å². The van der Waals surface area contributed by atoms with Crippen molar-refractivity contribution in [3.05, 3.63) is 35.9 Å². The fourth-order valence-corrected chi connectivity index (χ4v) is 1.59. The monoisotopic (exact) mass is 199 g/mol. The molecule has 2 aromatic rings. The number of aromatic hydroxyl groups is 1. The fraction of sp³-hybridized carbons (Fsp3) is 0. The van der Waals surface area contributed by atoms with E-state index in [0.29, 0.717) is 11.1 Å². The van der Waals surface area contributed by atoms with Crippen LogP contribution in [-0.2, 0) is 0 Å². The van der Waals surface area contributed by atoms with Crippen molar-refractivity contribution in [1.29, 1.82) is 5.40 Å². The van der Waals surface area contributed by atoms with E-state index in [1.165, 1.54) is 6.21 Å². The van der Waals surface area contributed by atoms with Gasteiger partial charge in [0.2, 0.25) is 0 Å². The molecule has 3 heteroatoms. The maximum absolute atomic E-state index is 9.92. The molecule has 2 N–H and O–H groups in total. The zero-order chi connectivity index (χ0) is 11.5. The molecular formula is C12H10N2O. The molecule has 0 fully saturated rings. The van der Waals surface area contributed by atoms with E-state index in [4.69, 9.17) is 1.41 Å². The van der Waals surface area contributed by atoms with Gasteiger partial charge < -0.3 is 10.5 Å². The molecule has 0 aliphatic heterocycles. The molecule has 0 aliphatic rings. The van der Waals surface area contributed by atoms with Crippen LogP contribution in [0, 0.1) is 5.40 Å². The molecule has 0 radical (unpaired) electrons. The van der Waals surface area contributed by atoms with Gasteiger partial charge in [-0.1, -0.05) is 24.3 Å². The molecule has 0 bridgehead atoms. The number of nitrogens with one attached hydrogen (secondary N) is 1. The Bertz CT molecular complexity index is 578. The average Bonchev–Trinajstić information content (AvgIpc) is 2.31. The minimum Gasteiger partial charge on any atom is -0.505 e. The third-order valence-corrected chi connectivity index (χ3v) is 2.35. The van der Waals surface area contributed by atoms with Gasteiger partial charge in [-0.3, -0.25) is 4.99 Å². The number of phenols is 1. The van der Waals surface area contributed by atoms with Crippen molar-refractivity contribution in [3.8, 4) is 5.75 Å². The van der Waals surface area contributed by atoms with Gasteiger partial charge in [-0.15, -0.1) is 0 Å². The van der Waals surface area contributed by atoms with Crippen molar-refractivity contribution in [3.63, 3.8) is 0 Å². The number of phenolic OH excluding ortho intramolecular Hbond substituents is 1. The molecule has 0 aliphatic carbocycles. The van der Waals surface area contributed by atoms with Crippen molar-refractivity contribution in [2.24, 2.45) is 4.99 Å². The third kappa shape index (κ3) is 1.38. The van der Waals surface area contributed by atoms with Crippen LogP contribution in [-0.4, -0.2) is 18.0 Å². The molecule has 2 rings (SSSR count). The van der Waals surface area contributed by atoms with Crippen LogP contribution in [0.25, 0.3) is 10.8 Å². The standard InChI is InChI=1S/C12H10N2O/c1-14-11-6-5-9-8(7-13)3-2-4-10(9)12(11)15/h2-7,13,15H,1H2/b13-7+/i/hD. The lowest BCUT2D eigenvalue weighted by Gasteiger charge is -2.05. The quantitative estimate of drug-likeness (QED) is 0.718. The molecule has 0 unspecified atom stereocenters. The highest BCUT2D eigenvalue weighted by Crippen LogP contribution is 2.35. The number of hydrogen-bond acceptors (Lipinski definition) is 3. The molecule has 0 aromatic heterocycles. The topological polar surface area (TPSA) is 56.4 Å². The summed E-state index contributed by atoms with van der Waals surface area (Å²) in [4.78, 5) is 3.73. The minimum atomic E-state index is 0.104. The van der Waals surface area contributed by atoms with Crippen LogP contribution in [0.1, 0.15) is 5.56 Å². The molecule has 74 valence electrons. The first kappa shape index (κ1) is 8.17. The van der Waals surface area contributed by atoms with Crippen molar-refractivity contribution >= 4 is 29.4 Å². The average molecular weight is 199 g/mol. The van der Waals surface area contributed by atoms with Gasteiger partial charge in [-0.2, -0.15) is 0 Å². The van der Waals surface area contributed by atoms with Gasteiger partial charge in [0, 0.05) is 11.6 Å². The van der Waals surface area contributed by atoms with Gasteiger partial charge in [-0.25, -0.2) is 0 Å². The first-order valence-electron chi connectivity index (χ1n) is 4.91. The summed E-state index contributed by atoms with van der Waals surface area (Å²) in [5, 5.41) is 14.7. The van der Waals surface area contributed by atoms with E-state index >= 15 is 0 Å². The molecule has 0 saturated carbocycles. The summed E-state index contributed by atoms with van der Waals surface area (Å²) < 4.78 is 6.83. The molecule has 3 nitrogen and oxygen atoms in total. The zero-order valence-corrected chi connectivity index (χ0v) is 8.01. The lowest BCUT2D eigenvalue weighted by Crippen LogP contribution is -1.83. The van der Waals surface area contributed by atoms with E-state index < -0.39 is 0 Å². The summed E-state index contributed by atoms with van der Waals surface area (Å²) in [6, 6.07) is 8.94. The summed E-state index contributed by atoms with van der Waals surface area (Å²) in [6.07, 6.45) is 1.43. The molecule has 0 atom stereocenters. The summed E-state index contributed by atoms with van der Waals surface area (Å²) in [5.41, 5.74) is 1.24. The maximum atomic E-state index is 9.92. The van der Waals surface area contributed by atoms with Gasteiger partial charge in [0.05, 0.1) is 0 Å². The van der Waals surface area contributed by atoms with Crippen LogP contribution in [0.15, 0.2) is 35.3 Å². The Morgan fingerprint density at radius 3 is 2.93 bits per heavy atom. The van der Waals surface area contributed by atoms with Crippen LogP contribution < -0.4 is 0 Å². The number of hydrogen-bond donors (Lipinski definition) is 2. The summed E-state index contributed by atoms with van der Waals surface area (Å²) >= 11 is 0. The van der Waals surface area contributed by atoms with Gasteiger partial charge >= 0.3 is 0 Å². The number of nitrogens with zero attached hydrogens (tertiary/aromatic N) is 1. The van der Waals surface area contributed by atoms with Gasteiger partial charge in [0.25, 0.3) is 0 Å². The highest BCUT2D eigenvalue weighted by molar-refractivity contribution is 6.03. The molecule has 0 heterocycles. The van der Waals surface area contributed by atoms with Gasteiger partial charge in [0.15, 0.2) is 1.41 Å². The Morgan fingerprint density at radius 2 is 2.20 bits per heavy atom. The van der Waals surface area contributed by atoms with E-state index in [0.717, 1.165) is 10.9 Å². The number of fused-ring (bicyclic) bond motifs is 1. The van der Waals surface area contributed by atoms with Crippen LogP contribution >= 0.6 is 0 Å². The normalized spacial score (nSPS) is 11.9. The first-order chi connectivity index (χ1) is 7.77. The molecule has 0 saturated heterocycles. The van der Waals surface area contributed by atoms with E-state index in [1.807, 2.05) is 12.1 Å². The number of benzene rings is 2. The Hall–Kier alpha value is -2.16. The number of rotatable bonds is 2. The maximum Gasteiger partial charge on any atom is 0.187 e. The van der Waals surface area contributed by atoms with Gasteiger partial charge in [0.1, 0.15) is 11.4 Å². The Kier molecular flexibility index (Phi) is 1.93. The molecule has 0 amide bonds. The van der Waals surface area contributed by atoms with Crippen molar-refractivity contribution in [2.45, 2.75) is 0 Å². The summed E-state index contributed by atoms with van der Waals surface area (Å²) in [7, 11) is 0. The third-order valence-electron chi connectivity index (χ3n) is 2.35. The smallest absolute Gasteiger partial charge is 0.187 e. The van der Waals surface area contributed by atoms with Gasteiger partial charge in [-0.05, 0) is 23.7 Å². The summed E-state index contributed by atoms with van der Waals surface area (Å²) in [5.74, 6) is 0.104. The summed E-state index contributed by atoms with van der Waals surface area (Å²) in [6.45, 7) is 3.39. The molecule has 15 heavy (non-hydrogen) atoms. The Labute approximate surface area is 88.7 Å². The van der Waals surface area contributed by atoms with Crippen molar-refractivity contribution in [1.82, 2.24) is 0 Å². The fourth-order valence-electron chi connectivity index (χ4n) is 1.59.